The molecule has 0 aliphatic heterocycles. The van der Waals surface area contributed by atoms with Crippen LogP contribution in [0.15, 0.2) is 71.9 Å². The Hall–Kier alpha value is -4.19. The highest BCUT2D eigenvalue weighted by Crippen LogP contribution is 2.34. The van der Waals surface area contributed by atoms with Crippen LogP contribution in [-0.2, 0) is 17.5 Å². The maximum Gasteiger partial charge on any atom is 0.418 e. The largest absolute Gasteiger partial charge is 0.418 e. The minimum atomic E-state index is -4.63. The molecule has 0 aliphatic rings. The molecule has 0 bridgehead atoms. The van der Waals surface area contributed by atoms with Crippen molar-refractivity contribution in [2.45, 2.75) is 31.7 Å². The van der Waals surface area contributed by atoms with Crippen LogP contribution in [0, 0.1) is 19.7 Å². The van der Waals surface area contributed by atoms with E-state index < -0.39 is 23.5 Å². The van der Waals surface area contributed by atoms with Crippen molar-refractivity contribution in [2.75, 3.05) is 11.1 Å². The lowest BCUT2D eigenvalue weighted by atomic mass is 10.1. The van der Waals surface area contributed by atoms with Gasteiger partial charge in [-0.15, -0.1) is 10.2 Å². The first-order chi connectivity index (χ1) is 18.5. The number of nitrogens with zero attached hydrogens (tertiary/aromatic N) is 3. The molecule has 2 N–H and O–H groups in total. The minimum absolute atomic E-state index is 0.0259. The van der Waals surface area contributed by atoms with E-state index in [2.05, 4.69) is 20.8 Å². The predicted octanol–water partition coefficient (Wildman–Crippen LogP) is 5.70. The quantitative estimate of drug-likeness (QED) is 0.214. The van der Waals surface area contributed by atoms with Gasteiger partial charge in [0.25, 0.3) is 5.91 Å². The highest BCUT2D eigenvalue weighted by Gasteiger charge is 2.33. The Balaban J connectivity index is 1.51. The Morgan fingerprint density at radius 2 is 1.67 bits per heavy atom. The summed E-state index contributed by atoms with van der Waals surface area (Å²) in [6.45, 7) is 3.82. The number of alkyl halides is 3. The Bertz CT molecular complexity index is 1500. The second-order valence-electron chi connectivity index (χ2n) is 8.57. The smallest absolute Gasteiger partial charge is 0.345 e. The molecule has 0 spiro atoms. The van der Waals surface area contributed by atoms with Gasteiger partial charge in [0, 0.05) is 11.3 Å². The van der Waals surface area contributed by atoms with Crippen LogP contribution < -0.4 is 10.6 Å². The molecule has 0 fully saturated rings. The lowest BCUT2D eigenvalue weighted by Crippen LogP contribution is -2.25. The first-order valence-corrected chi connectivity index (χ1v) is 12.7. The zero-order valence-corrected chi connectivity index (χ0v) is 21.7. The summed E-state index contributed by atoms with van der Waals surface area (Å²) in [4.78, 5) is 25.2. The summed E-state index contributed by atoms with van der Waals surface area (Å²) in [6.07, 6.45) is -4.63. The van der Waals surface area contributed by atoms with Crippen molar-refractivity contribution in [3.8, 4) is 5.69 Å². The van der Waals surface area contributed by atoms with Crippen LogP contribution in [0.25, 0.3) is 5.69 Å². The first-order valence-electron chi connectivity index (χ1n) is 11.7. The molecule has 0 saturated carbocycles. The molecule has 7 nitrogen and oxygen atoms in total. The zero-order chi connectivity index (χ0) is 28.2. The zero-order valence-electron chi connectivity index (χ0n) is 20.8. The van der Waals surface area contributed by atoms with Gasteiger partial charge in [-0.1, -0.05) is 30.0 Å². The summed E-state index contributed by atoms with van der Waals surface area (Å²) in [6, 6.07) is 15.4. The first kappa shape index (κ1) is 27.8. The molecule has 4 rings (SSSR count). The van der Waals surface area contributed by atoms with Crippen molar-refractivity contribution >= 4 is 29.3 Å². The summed E-state index contributed by atoms with van der Waals surface area (Å²) in [5.41, 5.74) is 1.64. The van der Waals surface area contributed by atoms with E-state index in [1.54, 1.807) is 16.7 Å². The number of thioether (sulfide) groups is 1. The number of para-hydroxylation sites is 1. The number of anilines is 1. The van der Waals surface area contributed by atoms with Gasteiger partial charge in [-0.3, -0.25) is 14.2 Å². The van der Waals surface area contributed by atoms with Gasteiger partial charge in [-0.2, -0.15) is 13.2 Å². The van der Waals surface area contributed by atoms with Crippen LogP contribution in [-0.4, -0.2) is 32.3 Å². The Morgan fingerprint density at radius 1 is 0.949 bits per heavy atom. The van der Waals surface area contributed by atoms with Crippen LogP contribution in [0.5, 0.6) is 0 Å². The van der Waals surface area contributed by atoms with Gasteiger partial charge >= 0.3 is 6.18 Å². The standard InChI is InChI=1S/C27H23F4N5O2S/c1-16-7-8-18(13-17(16)2)25(38)32-14-23-34-35-26(36(23)20-11-9-19(28)10-12-20)39-15-24(37)33-22-6-4-3-5-21(22)27(29,30)31/h3-13H,14-15H2,1-2H3,(H,32,38)(H,33,37). The number of benzene rings is 3. The SMILES string of the molecule is Cc1ccc(C(=O)NCc2nnc(SCC(=O)Nc3ccccc3C(F)(F)F)n2-c2ccc(F)cc2)cc1C. The summed E-state index contributed by atoms with van der Waals surface area (Å²) < 4.78 is 54.9. The monoisotopic (exact) mass is 557 g/mol. The van der Waals surface area contributed by atoms with E-state index in [9.17, 15) is 27.2 Å². The molecule has 0 aliphatic carbocycles. The molecular formula is C27H23F4N5O2S. The third-order valence-corrected chi connectivity index (χ3v) is 6.73. The van der Waals surface area contributed by atoms with Gasteiger partial charge in [0.1, 0.15) is 5.82 Å². The maximum absolute atomic E-state index is 13.6. The number of hydrogen-bond donors (Lipinski definition) is 2. The fraction of sp³-hybridized carbons (Fsp3) is 0.185. The fourth-order valence-electron chi connectivity index (χ4n) is 3.66. The lowest BCUT2D eigenvalue weighted by Gasteiger charge is -2.14. The lowest BCUT2D eigenvalue weighted by molar-refractivity contribution is -0.137. The summed E-state index contributed by atoms with van der Waals surface area (Å²) in [5.74, 6) is -1.45. The number of amides is 2. The molecule has 0 saturated heterocycles. The normalized spacial score (nSPS) is 11.3. The van der Waals surface area contributed by atoms with Gasteiger partial charge in [-0.25, -0.2) is 4.39 Å². The van der Waals surface area contributed by atoms with Crippen molar-refractivity contribution < 1.29 is 27.2 Å². The van der Waals surface area contributed by atoms with Crippen LogP contribution in [0.4, 0.5) is 23.2 Å². The van der Waals surface area contributed by atoms with Crippen molar-refractivity contribution in [3.63, 3.8) is 0 Å². The van der Waals surface area contributed by atoms with Gasteiger partial charge in [0.05, 0.1) is 23.5 Å². The Morgan fingerprint density at radius 3 is 2.36 bits per heavy atom. The number of carbonyl (C=O) groups is 2. The summed E-state index contributed by atoms with van der Waals surface area (Å²) >= 11 is 0.931. The van der Waals surface area contributed by atoms with Crippen LogP contribution >= 0.6 is 11.8 Å². The van der Waals surface area contributed by atoms with E-state index in [0.29, 0.717) is 17.1 Å². The molecule has 4 aromatic rings. The summed E-state index contributed by atoms with van der Waals surface area (Å²) in [7, 11) is 0. The van der Waals surface area contributed by atoms with E-state index in [1.807, 2.05) is 19.9 Å². The highest BCUT2D eigenvalue weighted by molar-refractivity contribution is 7.99. The van der Waals surface area contributed by atoms with E-state index in [-0.39, 0.29) is 29.0 Å². The predicted molar refractivity (Wildman–Crippen MR) is 139 cm³/mol. The molecule has 1 heterocycles. The second-order valence-corrected chi connectivity index (χ2v) is 9.52. The second kappa shape index (κ2) is 11.7. The van der Waals surface area contributed by atoms with Crippen LogP contribution in [0.1, 0.15) is 32.9 Å². The Labute approximate surface area is 225 Å². The van der Waals surface area contributed by atoms with Gasteiger partial charge < -0.3 is 10.6 Å². The molecule has 2 amide bonds. The fourth-order valence-corrected chi connectivity index (χ4v) is 4.43. The van der Waals surface area contributed by atoms with Crippen LogP contribution in [0.3, 0.4) is 0 Å². The van der Waals surface area contributed by atoms with E-state index in [0.717, 1.165) is 29.0 Å². The molecular weight excluding hydrogens is 534 g/mol. The van der Waals surface area contributed by atoms with Gasteiger partial charge in [0.15, 0.2) is 11.0 Å². The number of nitrogens with one attached hydrogen (secondary N) is 2. The average molecular weight is 558 g/mol. The van der Waals surface area contributed by atoms with Gasteiger partial charge in [0.2, 0.25) is 5.91 Å². The highest BCUT2D eigenvalue weighted by atomic mass is 32.2. The number of aryl methyl sites for hydroxylation is 2. The molecule has 0 unspecified atom stereocenters. The number of carbonyl (C=O) groups excluding carboxylic acids is 2. The molecule has 1 aromatic heterocycles. The van der Waals surface area contributed by atoms with Crippen molar-refractivity contribution in [3.05, 3.63) is 101 Å². The number of rotatable bonds is 8. The van der Waals surface area contributed by atoms with E-state index in [4.69, 9.17) is 0 Å². The summed E-state index contributed by atoms with van der Waals surface area (Å²) in [5, 5.41) is 13.5. The third kappa shape index (κ3) is 6.82. The third-order valence-electron chi connectivity index (χ3n) is 5.80. The topological polar surface area (TPSA) is 88.9 Å². The number of halogens is 4. The van der Waals surface area contributed by atoms with Crippen molar-refractivity contribution in [1.82, 2.24) is 20.1 Å². The van der Waals surface area contributed by atoms with Crippen LogP contribution in [0.2, 0.25) is 0 Å². The molecule has 39 heavy (non-hydrogen) atoms. The molecule has 12 heteroatoms. The number of aromatic nitrogens is 3. The van der Waals surface area contributed by atoms with Gasteiger partial charge in [-0.05, 0) is 73.5 Å². The molecule has 0 atom stereocenters. The number of hydrogen-bond acceptors (Lipinski definition) is 5. The maximum atomic E-state index is 13.6. The molecule has 3 aromatic carbocycles. The minimum Gasteiger partial charge on any atom is -0.345 e. The van der Waals surface area contributed by atoms with Crippen molar-refractivity contribution in [1.29, 1.82) is 0 Å². The molecule has 202 valence electrons. The van der Waals surface area contributed by atoms with E-state index >= 15 is 0 Å². The van der Waals surface area contributed by atoms with Crippen molar-refractivity contribution in [2.24, 2.45) is 0 Å². The molecule has 0 radical (unpaired) electrons. The van der Waals surface area contributed by atoms with E-state index in [1.165, 1.54) is 42.5 Å². The Kier molecular flexibility index (Phi) is 8.34. The average Bonchev–Trinajstić information content (AvgIpc) is 3.30.